The molecule has 0 amide bonds. The molecule has 2 aliphatic rings. The van der Waals surface area contributed by atoms with Gasteiger partial charge in [-0.2, -0.15) is 8.61 Å². The highest BCUT2D eigenvalue weighted by Gasteiger charge is 2.33. The van der Waals surface area contributed by atoms with Gasteiger partial charge < -0.3 is 9.80 Å². The van der Waals surface area contributed by atoms with Crippen molar-refractivity contribution in [2.24, 2.45) is 0 Å². The molecule has 8 rings (SSSR count). The average molecular weight is 993 g/mol. The first-order valence-electron chi connectivity index (χ1n) is 19.8. The number of aromatic nitrogens is 2. The Morgan fingerprint density at radius 2 is 0.952 bits per heavy atom. The fourth-order valence-corrected chi connectivity index (χ4v) is 13.5. The molecule has 18 heteroatoms. The molecule has 62 heavy (non-hydrogen) atoms. The molecule has 2 aliphatic heterocycles. The topological polar surface area (TPSA) is 107 Å². The van der Waals surface area contributed by atoms with Crippen molar-refractivity contribution in [3.8, 4) is 22.5 Å². The number of benzene rings is 4. The van der Waals surface area contributed by atoms with Crippen molar-refractivity contribution in [2.75, 3.05) is 62.2 Å². The number of aryl methyl sites for hydroxylation is 5. The minimum absolute atomic E-state index is 0.107. The summed E-state index contributed by atoms with van der Waals surface area (Å²) in [5.74, 6) is 0. The zero-order valence-electron chi connectivity index (χ0n) is 35.0. The fraction of sp³-hybridized carbons (Fsp3) is 0.318. The maximum absolute atomic E-state index is 13.1. The van der Waals surface area contributed by atoms with Gasteiger partial charge in [-0.05, 0) is 99.7 Å². The molecule has 4 heterocycles. The van der Waals surface area contributed by atoms with Crippen LogP contribution in [0.5, 0.6) is 0 Å². The van der Waals surface area contributed by atoms with E-state index in [1.54, 1.807) is 48.7 Å². The third kappa shape index (κ3) is 9.85. The minimum atomic E-state index is -3.69. The fourth-order valence-electron chi connectivity index (χ4n) is 7.28. The van der Waals surface area contributed by atoms with Crippen LogP contribution in [-0.4, -0.2) is 87.8 Å². The molecule has 2 fully saturated rings. The zero-order chi connectivity index (χ0) is 44.7. The van der Waals surface area contributed by atoms with E-state index in [2.05, 4.69) is 78.6 Å². The summed E-state index contributed by atoms with van der Waals surface area (Å²) in [5.41, 5.74) is 10.4. The van der Waals surface area contributed by atoms with Crippen LogP contribution in [0, 0.1) is 41.5 Å². The molecule has 2 saturated heterocycles. The van der Waals surface area contributed by atoms with E-state index in [1.165, 1.54) is 43.0 Å². The second-order valence-corrected chi connectivity index (χ2v) is 22.6. The summed E-state index contributed by atoms with van der Waals surface area (Å²) in [6, 6.07) is 18.7. The van der Waals surface area contributed by atoms with Gasteiger partial charge in [-0.1, -0.05) is 82.3 Å². The normalized spacial score (nSPS) is 15.5. The Hall–Kier alpha value is -3.28. The molecule has 10 nitrogen and oxygen atoms in total. The average Bonchev–Trinajstić information content (AvgIpc) is 3.94. The molecule has 0 bridgehead atoms. The van der Waals surface area contributed by atoms with E-state index < -0.39 is 20.0 Å². The first kappa shape index (κ1) is 46.7. The number of piperazine rings is 2. The first-order chi connectivity index (χ1) is 29.3. The van der Waals surface area contributed by atoms with E-state index in [-0.39, 0.29) is 19.8 Å². The molecule has 0 atom stereocenters. The summed E-state index contributed by atoms with van der Waals surface area (Å²) < 4.78 is 55.5. The highest BCUT2D eigenvalue weighted by molar-refractivity contribution is 7.89. The van der Waals surface area contributed by atoms with E-state index >= 15 is 0 Å². The van der Waals surface area contributed by atoms with Crippen molar-refractivity contribution in [2.45, 2.75) is 51.3 Å². The molecule has 0 radical (unpaired) electrons. The van der Waals surface area contributed by atoms with Gasteiger partial charge in [-0.3, -0.25) is 0 Å². The van der Waals surface area contributed by atoms with Gasteiger partial charge >= 0.3 is 0 Å². The van der Waals surface area contributed by atoms with Crippen LogP contribution >= 0.6 is 69.1 Å². The zero-order valence-corrected chi connectivity index (χ0v) is 41.3. The molecule has 0 saturated carbocycles. The number of hydrogen-bond acceptors (Lipinski definition) is 10. The standard InChI is InChI=1S/2C22H23Cl2N3O2S2/c1-14-4-5-15(2)17(10-14)20-13-30-22(25-20)26-6-8-27(9-7-26)31(28,29)21-11-16(3)18(23)12-19(21)24;1-14-5-4-6-17(16(14)3)20-13-30-22(25-20)26-7-9-27(10-8-26)31(28,29)21-11-15(2)18(23)12-19(21)24/h4-5,10-13H,6-9H2,1-3H3;4-6,11-13H,7-10H2,1-3H3. The number of thiazole rings is 2. The number of anilines is 2. The molecule has 0 aliphatic carbocycles. The van der Waals surface area contributed by atoms with Gasteiger partial charge in [0.25, 0.3) is 0 Å². The van der Waals surface area contributed by atoms with Gasteiger partial charge in [0, 0.05) is 84.3 Å². The molecule has 0 spiro atoms. The second kappa shape index (κ2) is 19.1. The van der Waals surface area contributed by atoms with Crippen molar-refractivity contribution in [1.82, 2.24) is 18.6 Å². The lowest BCUT2D eigenvalue weighted by molar-refractivity contribution is 0.384. The Morgan fingerprint density at radius 3 is 1.42 bits per heavy atom. The number of hydrogen-bond donors (Lipinski definition) is 0. The molecule has 328 valence electrons. The highest BCUT2D eigenvalue weighted by Crippen LogP contribution is 2.36. The van der Waals surface area contributed by atoms with Crippen LogP contribution in [0.15, 0.2) is 81.2 Å². The monoisotopic (exact) mass is 990 g/mol. The quantitative estimate of drug-likeness (QED) is 0.148. The molecule has 0 N–H and O–H groups in total. The third-order valence-electron chi connectivity index (χ3n) is 11.2. The smallest absolute Gasteiger partial charge is 0.244 e. The molecule has 6 aromatic rings. The summed E-state index contributed by atoms with van der Waals surface area (Å²) in [5, 5.41) is 7.16. The van der Waals surface area contributed by atoms with Gasteiger partial charge in [0.2, 0.25) is 20.0 Å². The Morgan fingerprint density at radius 1 is 0.500 bits per heavy atom. The van der Waals surface area contributed by atoms with E-state index in [0.717, 1.165) is 32.8 Å². The van der Waals surface area contributed by atoms with Crippen molar-refractivity contribution < 1.29 is 16.8 Å². The largest absolute Gasteiger partial charge is 0.345 e. The van der Waals surface area contributed by atoms with Crippen molar-refractivity contribution in [1.29, 1.82) is 0 Å². The van der Waals surface area contributed by atoms with E-state index in [4.69, 9.17) is 56.4 Å². The third-order valence-corrected chi connectivity index (χ3v) is 18.6. The summed E-state index contributed by atoms with van der Waals surface area (Å²) in [6.45, 7) is 15.7. The van der Waals surface area contributed by atoms with Crippen LogP contribution in [0.2, 0.25) is 20.1 Å². The predicted molar refractivity (Wildman–Crippen MR) is 258 cm³/mol. The molecule has 4 aromatic carbocycles. The number of rotatable bonds is 8. The van der Waals surface area contributed by atoms with Crippen LogP contribution in [-0.2, 0) is 20.0 Å². The Bertz CT molecular complexity index is 2710. The Balaban J connectivity index is 0.000000186. The van der Waals surface area contributed by atoms with Crippen molar-refractivity contribution in [3.05, 3.63) is 125 Å². The number of sulfonamides is 2. The van der Waals surface area contributed by atoms with E-state index in [1.807, 2.05) is 6.07 Å². The van der Waals surface area contributed by atoms with Crippen LogP contribution < -0.4 is 9.80 Å². The summed E-state index contributed by atoms with van der Waals surface area (Å²) in [6.07, 6.45) is 0. The maximum Gasteiger partial charge on any atom is 0.244 e. The summed E-state index contributed by atoms with van der Waals surface area (Å²) in [7, 11) is -7.37. The van der Waals surface area contributed by atoms with Crippen molar-refractivity contribution >= 4 is 99.4 Å². The molecule has 0 unspecified atom stereocenters. The Labute approximate surface area is 392 Å². The second-order valence-electron chi connectivity index (χ2n) is 15.4. The maximum atomic E-state index is 13.1. The van der Waals surface area contributed by atoms with Crippen LogP contribution in [0.25, 0.3) is 22.5 Å². The van der Waals surface area contributed by atoms with Gasteiger partial charge in [-0.15, -0.1) is 22.7 Å². The lowest BCUT2D eigenvalue weighted by atomic mass is 10.0. The highest BCUT2D eigenvalue weighted by atomic mass is 35.5. The van der Waals surface area contributed by atoms with Crippen LogP contribution in [0.4, 0.5) is 10.3 Å². The predicted octanol–water partition coefficient (Wildman–Crippen LogP) is 11.1. The molecular formula is C44H46Cl4N6O4S4. The van der Waals surface area contributed by atoms with Gasteiger partial charge in [0.05, 0.1) is 21.4 Å². The van der Waals surface area contributed by atoms with Crippen LogP contribution in [0.1, 0.15) is 33.4 Å². The lowest BCUT2D eigenvalue weighted by Crippen LogP contribution is -2.48. The number of halogens is 4. The Kier molecular flexibility index (Phi) is 14.4. The first-order valence-corrected chi connectivity index (χ1v) is 26.0. The van der Waals surface area contributed by atoms with Crippen LogP contribution in [0.3, 0.4) is 0 Å². The van der Waals surface area contributed by atoms with Gasteiger partial charge in [0.1, 0.15) is 9.79 Å². The molecular weight excluding hydrogens is 947 g/mol. The van der Waals surface area contributed by atoms with E-state index in [0.29, 0.717) is 73.5 Å². The molecule has 2 aromatic heterocycles. The van der Waals surface area contributed by atoms with E-state index in [9.17, 15) is 16.8 Å². The van der Waals surface area contributed by atoms with Crippen molar-refractivity contribution in [3.63, 3.8) is 0 Å². The lowest BCUT2D eigenvalue weighted by Gasteiger charge is -2.34. The van der Waals surface area contributed by atoms with Gasteiger partial charge in [0.15, 0.2) is 10.3 Å². The number of nitrogens with zero attached hydrogens (tertiary/aromatic N) is 6. The SMILES string of the molecule is Cc1cc(S(=O)(=O)N2CCN(c3nc(-c4cccc(C)c4C)cs3)CC2)c(Cl)cc1Cl.Cc1ccc(C)c(-c2csc(N3CCN(S(=O)(=O)c4cc(C)c(Cl)cc4Cl)CC3)n2)c1. The summed E-state index contributed by atoms with van der Waals surface area (Å²) in [4.78, 5) is 14.1. The summed E-state index contributed by atoms with van der Waals surface area (Å²) >= 11 is 27.7. The van der Waals surface area contributed by atoms with Gasteiger partial charge in [-0.25, -0.2) is 26.8 Å². The minimum Gasteiger partial charge on any atom is -0.345 e.